The summed E-state index contributed by atoms with van der Waals surface area (Å²) in [6.07, 6.45) is 28.5. The van der Waals surface area contributed by atoms with Crippen LogP contribution < -0.4 is 24.8 Å². The van der Waals surface area contributed by atoms with Gasteiger partial charge in [0.1, 0.15) is 0 Å². The van der Waals surface area contributed by atoms with E-state index >= 15 is 0 Å². The molecule has 4 aromatic rings. The summed E-state index contributed by atoms with van der Waals surface area (Å²) < 4.78 is 2.92. The molecule has 0 unspecified atom stereocenters. The Morgan fingerprint density at radius 3 is 1.14 bits per heavy atom. The van der Waals surface area contributed by atoms with Crippen molar-refractivity contribution in [1.82, 2.24) is 0 Å². The quantitative estimate of drug-likeness (QED) is 0.173. The van der Waals surface area contributed by atoms with Crippen LogP contribution in [0.25, 0.3) is 0 Å². The number of allylic oxidation sites excluding steroid dienone is 8. The van der Waals surface area contributed by atoms with Gasteiger partial charge in [0.2, 0.25) is 0 Å². The number of hydrogen-bond donors (Lipinski definition) is 0. The van der Waals surface area contributed by atoms with Gasteiger partial charge < -0.3 is 24.8 Å². The van der Waals surface area contributed by atoms with Gasteiger partial charge in [-0.1, -0.05) is 105 Å². The second kappa shape index (κ2) is 31.2. The van der Waals surface area contributed by atoms with Crippen molar-refractivity contribution in [2.24, 2.45) is 0 Å². The Labute approximate surface area is 384 Å². The molecule has 4 aromatic carbocycles. The molecule has 0 radical (unpaired) electrons. The Hall–Kier alpha value is -1.81. The van der Waals surface area contributed by atoms with Crippen LogP contribution in [0.1, 0.15) is 139 Å². The topological polar surface area (TPSA) is 0 Å². The zero-order valence-corrected chi connectivity index (χ0v) is 41.5. The van der Waals surface area contributed by atoms with Crippen molar-refractivity contribution >= 4 is 6.41 Å². The molecule has 296 valence electrons. The van der Waals surface area contributed by atoms with Gasteiger partial charge in [0.25, 0.3) is 0 Å². The molecule has 0 saturated carbocycles. The van der Waals surface area contributed by atoms with E-state index in [1.807, 2.05) is 12.1 Å². The van der Waals surface area contributed by atoms with Gasteiger partial charge in [-0.2, -0.15) is 68.8 Å². The molecular formula is C52H64Cl2Zr2-2. The predicted octanol–water partition coefficient (Wildman–Crippen LogP) is 7.86. The summed E-state index contributed by atoms with van der Waals surface area (Å²) in [4.78, 5) is 0. The van der Waals surface area contributed by atoms with Crippen LogP contribution in [0.3, 0.4) is 0 Å². The monoisotopic (exact) mass is 938 g/mol. The molecule has 0 bridgehead atoms. The van der Waals surface area contributed by atoms with Crippen LogP contribution in [0.4, 0.5) is 0 Å². The molecule has 4 heteroatoms. The van der Waals surface area contributed by atoms with Crippen LogP contribution in [0.2, 0.25) is 0 Å². The van der Waals surface area contributed by atoms with Gasteiger partial charge in [0.15, 0.2) is 0 Å². The van der Waals surface area contributed by atoms with E-state index in [4.69, 9.17) is 0 Å². The summed E-state index contributed by atoms with van der Waals surface area (Å²) in [6.45, 7) is 13.2. The smallest absolute Gasteiger partial charge is 0.0512 e. The van der Waals surface area contributed by atoms with Gasteiger partial charge in [0, 0.05) is 0 Å². The number of halogens is 2. The van der Waals surface area contributed by atoms with Crippen molar-refractivity contribution in [3.8, 4) is 0 Å². The fourth-order valence-corrected chi connectivity index (χ4v) is 7.86. The number of aryl methyl sites for hydroxylation is 4. The van der Waals surface area contributed by atoms with E-state index in [0.29, 0.717) is 0 Å². The summed E-state index contributed by atoms with van der Waals surface area (Å²) in [5.41, 5.74) is 15.3. The fourth-order valence-electron chi connectivity index (χ4n) is 7.04. The third kappa shape index (κ3) is 19.3. The van der Waals surface area contributed by atoms with E-state index in [9.17, 15) is 0 Å². The minimum absolute atomic E-state index is 0. The van der Waals surface area contributed by atoms with Gasteiger partial charge in [-0.15, -0.1) is 12.8 Å². The minimum atomic E-state index is 0. The zero-order valence-electron chi connectivity index (χ0n) is 35.0. The third-order valence-electron chi connectivity index (χ3n) is 10.4. The van der Waals surface area contributed by atoms with E-state index in [0.717, 1.165) is 12.8 Å². The molecule has 4 aliphatic rings. The summed E-state index contributed by atoms with van der Waals surface area (Å²) in [6, 6.07) is 34.3. The molecule has 0 aliphatic heterocycles. The first-order valence-electron chi connectivity index (χ1n) is 20.5. The first-order valence-corrected chi connectivity index (χ1v) is 23.0. The number of fused-ring (bicyclic) bond motifs is 2. The first kappa shape index (κ1) is 52.2. The Kier molecular flexibility index (Phi) is 29.0. The number of rotatable bonds is 6. The van der Waals surface area contributed by atoms with E-state index < -0.39 is 0 Å². The van der Waals surface area contributed by atoms with Gasteiger partial charge >= 0.3 is 141 Å². The van der Waals surface area contributed by atoms with E-state index in [-0.39, 0.29) is 24.8 Å². The Morgan fingerprint density at radius 2 is 0.875 bits per heavy atom. The molecule has 0 saturated heterocycles. The van der Waals surface area contributed by atoms with Crippen LogP contribution in [-0.4, -0.2) is 6.41 Å². The molecule has 0 N–H and O–H groups in total. The van der Waals surface area contributed by atoms with Crippen LogP contribution in [0.15, 0.2) is 132 Å². The zero-order chi connectivity index (χ0) is 39.0. The molecule has 56 heavy (non-hydrogen) atoms. The van der Waals surface area contributed by atoms with Crippen molar-refractivity contribution in [2.45, 2.75) is 131 Å². The second-order valence-electron chi connectivity index (χ2n) is 14.3. The van der Waals surface area contributed by atoms with Crippen molar-refractivity contribution in [3.05, 3.63) is 177 Å². The number of benzene rings is 2. The van der Waals surface area contributed by atoms with Gasteiger partial charge in [-0.3, -0.25) is 12.2 Å². The summed E-state index contributed by atoms with van der Waals surface area (Å²) >= 11 is 3.01. The maximum Gasteiger partial charge on any atom is -0.0512 e. The molecule has 0 heterocycles. The Balaban J connectivity index is 0.000000334. The first-order chi connectivity index (χ1) is 26.3. The van der Waals surface area contributed by atoms with Crippen LogP contribution in [0.5, 0.6) is 0 Å². The molecule has 4 aliphatic carbocycles. The number of hydrogen-bond acceptors (Lipinski definition) is 0. The Morgan fingerprint density at radius 1 is 0.518 bits per heavy atom. The predicted molar refractivity (Wildman–Crippen MR) is 230 cm³/mol. The molecule has 0 fully saturated rings. The van der Waals surface area contributed by atoms with Gasteiger partial charge in [-0.05, 0) is 0 Å². The molecule has 0 amide bonds. The summed E-state index contributed by atoms with van der Waals surface area (Å²) in [7, 11) is 0. The normalized spacial score (nSPS) is 14.2. The second-order valence-corrected chi connectivity index (χ2v) is 18.0. The maximum atomic E-state index is 3.23. The molecule has 0 nitrogen and oxygen atoms in total. The average Bonchev–Trinajstić information content (AvgIpc) is 4.07. The molecule has 0 aromatic heterocycles. The van der Waals surface area contributed by atoms with Crippen molar-refractivity contribution in [1.29, 1.82) is 0 Å². The van der Waals surface area contributed by atoms with E-state index in [2.05, 4.69) is 151 Å². The van der Waals surface area contributed by atoms with E-state index in [1.54, 1.807) is 33.4 Å². The van der Waals surface area contributed by atoms with Crippen molar-refractivity contribution in [2.75, 3.05) is 0 Å². The largest absolute Gasteiger partial charge is 1.00 e. The van der Waals surface area contributed by atoms with Crippen LogP contribution in [0, 0.1) is 12.2 Å². The molecule has 8 rings (SSSR count). The molecule has 0 atom stereocenters. The average molecular weight is 942 g/mol. The van der Waals surface area contributed by atoms with Crippen LogP contribution in [-0.2, 0) is 74.2 Å². The molecule has 0 spiro atoms. The van der Waals surface area contributed by atoms with Crippen molar-refractivity contribution in [3.63, 3.8) is 0 Å². The maximum absolute atomic E-state index is 3.23. The summed E-state index contributed by atoms with van der Waals surface area (Å²) in [5.74, 6) is 0. The fraction of sp³-hybridized carbons (Fsp3) is 0.385. The Bertz CT molecular complexity index is 1620. The van der Waals surface area contributed by atoms with Crippen LogP contribution >= 0.6 is 0 Å². The SMILES string of the molecule is CCC1=C(CC)C[C-]=C1.CCC1=C(CC)C[C-]=C1.C[C](=[Zr+2])c1ccccc1.C[C](=[Zr+2])c1ccccc1.[Cl-].[Cl-].c1cc2c([cH-]1)CCCC2.c1cc2c([cH-]1)CCCC2. The van der Waals surface area contributed by atoms with Gasteiger partial charge in [0.05, 0.1) is 0 Å². The van der Waals surface area contributed by atoms with Gasteiger partial charge in [-0.25, -0.2) is 24.3 Å². The van der Waals surface area contributed by atoms with E-state index in [1.165, 1.54) is 154 Å². The third-order valence-corrected chi connectivity index (χ3v) is 11.8. The summed E-state index contributed by atoms with van der Waals surface area (Å²) in [5, 5.41) is 0. The standard InChI is InChI=1S/2C9H11.2C9H13.2C8H8.2ClH.2Zr/c2*1-2-5-9-7-3-6-8(9)4-1;2*1-3-8-6-5-7-9(8)4-2;2*1-2-8-6-4-3-5-7-8;;;;/h2*3,6-7H,1-2,4-5H2;2*6H,3-4,7H2,1-2H3;2*3-7H,1H3;2*1H;;/q4*-1;;;;;2*+2/p-2. The van der Waals surface area contributed by atoms with Crippen molar-refractivity contribution < 1.29 is 73.3 Å². The molecular weight excluding hydrogens is 878 g/mol. The minimum Gasteiger partial charge on any atom is -1.00 e.